The number of fused-ring (bicyclic) bond motifs is 2. The van der Waals surface area contributed by atoms with Crippen LogP contribution in [-0.2, 0) is 22.4 Å². The molecule has 2 aliphatic rings. The smallest absolute Gasteiger partial charge is 0.165 e. The lowest BCUT2D eigenvalue weighted by Gasteiger charge is -2.52. The van der Waals surface area contributed by atoms with E-state index in [0.717, 1.165) is 25.0 Å². The van der Waals surface area contributed by atoms with Crippen molar-refractivity contribution in [3.63, 3.8) is 0 Å². The van der Waals surface area contributed by atoms with Crippen LogP contribution in [0, 0.1) is 18.3 Å². The summed E-state index contributed by atoms with van der Waals surface area (Å²) in [6.07, 6.45) is 8.06. The molecule has 0 spiro atoms. The average molecular weight is 316 g/mol. The number of hydrogen-bond acceptors (Lipinski definition) is 3. The van der Waals surface area contributed by atoms with E-state index < -0.39 is 5.60 Å². The number of hydrogen-bond donors (Lipinski definition) is 0. The van der Waals surface area contributed by atoms with Gasteiger partial charge in [-0.3, -0.25) is 4.79 Å². The largest absolute Gasteiger partial charge is 0.468 e. The number of carbonyl (C=O) groups is 1. The second kappa shape index (κ2) is 5.62. The number of methoxy groups -OCH3 is 1. The molecule has 0 radical (unpaired) electrons. The third-order valence-corrected chi connectivity index (χ3v) is 6.44. The Morgan fingerprint density at radius 1 is 1.48 bits per heavy atom. The first-order chi connectivity index (χ1) is 10.9. The topological polar surface area (TPSA) is 39.4 Å². The minimum absolute atomic E-state index is 0.0424. The summed E-state index contributed by atoms with van der Waals surface area (Å²) in [6, 6.07) is 0. The summed E-state index contributed by atoms with van der Waals surface area (Å²) in [5, 5.41) is 0. The Bertz CT molecular complexity index is 654. The molecule has 3 rings (SSSR count). The predicted molar refractivity (Wildman–Crippen MR) is 90.5 cm³/mol. The number of ether oxygens (including phenoxy) is 1. The fourth-order valence-electron chi connectivity index (χ4n) is 4.63. The molecule has 0 fully saturated rings. The number of aryl methyl sites for hydroxylation is 1. The van der Waals surface area contributed by atoms with Gasteiger partial charge in [-0.25, -0.2) is 0 Å². The third kappa shape index (κ3) is 2.24. The maximum absolute atomic E-state index is 12.9. The van der Waals surface area contributed by atoms with Gasteiger partial charge in [-0.2, -0.15) is 0 Å². The van der Waals surface area contributed by atoms with Crippen molar-refractivity contribution >= 4 is 5.78 Å². The number of Topliss-reactive ketones (excluding diaryl/α,β-unsaturated/α-hetero) is 1. The molecule has 0 amide bonds. The van der Waals surface area contributed by atoms with E-state index in [0.29, 0.717) is 12.8 Å². The summed E-state index contributed by atoms with van der Waals surface area (Å²) in [6.45, 7) is 8.66. The lowest BCUT2D eigenvalue weighted by molar-refractivity contribution is -0.155. The predicted octanol–water partition coefficient (Wildman–Crippen LogP) is 4.41. The molecule has 2 aliphatic carbocycles. The molecule has 0 saturated carbocycles. The molecule has 3 unspecified atom stereocenters. The normalized spacial score (nSPS) is 32.9. The van der Waals surface area contributed by atoms with Gasteiger partial charge in [0.1, 0.15) is 11.4 Å². The average Bonchev–Trinajstić information content (AvgIpc) is 2.88. The van der Waals surface area contributed by atoms with Gasteiger partial charge < -0.3 is 9.15 Å². The SMILES string of the molecule is CCCC(=O)C1(OC)CC=C2Cc3occ(C)c3CC2(C)C1C. The monoisotopic (exact) mass is 316 g/mol. The second-order valence-corrected chi connectivity index (χ2v) is 7.51. The Labute approximate surface area is 139 Å². The quantitative estimate of drug-likeness (QED) is 0.772. The van der Waals surface area contributed by atoms with Crippen molar-refractivity contribution in [2.75, 3.05) is 7.11 Å². The molecule has 3 heteroatoms. The van der Waals surface area contributed by atoms with Crippen LogP contribution in [0.15, 0.2) is 22.3 Å². The summed E-state index contributed by atoms with van der Waals surface area (Å²) in [5.41, 5.74) is 3.24. The van der Waals surface area contributed by atoms with Crippen LogP contribution in [0.25, 0.3) is 0 Å². The zero-order chi connectivity index (χ0) is 16.8. The van der Waals surface area contributed by atoms with Crippen LogP contribution in [0.1, 0.15) is 56.9 Å². The lowest BCUT2D eigenvalue weighted by Crippen LogP contribution is -2.56. The minimum Gasteiger partial charge on any atom is -0.468 e. The molecule has 0 aliphatic heterocycles. The summed E-state index contributed by atoms with van der Waals surface area (Å²) in [4.78, 5) is 12.9. The highest BCUT2D eigenvalue weighted by atomic mass is 16.5. The number of carbonyl (C=O) groups excluding carboxylic acids is 1. The first kappa shape index (κ1) is 16.5. The van der Waals surface area contributed by atoms with Crippen LogP contribution >= 0.6 is 0 Å². The molecule has 0 N–H and O–H groups in total. The van der Waals surface area contributed by atoms with Crippen molar-refractivity contribution in [1.82, 2.24) is 0 Å². The van der Waals surface area contributed by atoms with E-state index in [1.807, 2.05) is 6.26 Å². The van der Waals surface area contributed by atoms with Crippen LogP contribution < -0.4 is 0 Å². The van der Waals surface area contributed by atoms with Gasteiger partial charge in [0.2, 0.25) is 0 Å². The van der Waals surface area contributed by atoms with E-state index in [1.165, 1.54) is 16.7 Å². The second-order valence-electron chi connectivity index (χ2n) is 7.51. The van der Waals surface area contributed by atoms with Crippen LogP contribution in [0.3, 0.4) is 0 Å². The van der Waals surface area contributed by atoms with Gasteiger partial charge in [0, 0.05) is 32.3 Å². The standard InChI is InChI=1S/C20H28O3/c1-6-7-18(21)20(22-5)9-8-15-10-17-16(13(2)12-23-17)11-19(15,4)14(20)3/h8,12,14H,6-7,9-11H2,1-5H3. The van der Waals surface area contributed by atoms with E-state index in [2.05, 4.69) is 33.8 Å². The van der Waals surface area contributed by atoms with Gasteiger partial charge in [-0.05, 0) is 36.3 Å². The summed E-state index contributed by atoms with van der Waals surface area (Å²) < 4.78 is 11.6. The zero-order valence-corrected chi connectivity index (χ0v) is 15.0. The van der Waals surface area contributed by atoms with E-state index in [9.17, 15) is 4.79 Å². The Morgan fingerprint density at radius 3 is 2.87 bits per heavy atom. The first-order valence-electron chi connectivity index (χ1n) is 8.73. The van der Waals surface area contributed by atoms with Gasteiger partial charge >= 0.3 is 0 Å². The van der Waals surface area contributed by atoms with Gasteiger partial charge in [0.05, 0.1) is 6.26 Å². The number of ketones is 1. The van der Waals surface area contributed by atoms with Crippen LogP contribution in [0.2, 0.25) is 0 Å². The van der Waals surface area contributed by atoms with Crippen molar-refractivity contribution in [2.24, 2.45) is 11.3 Å². The van der Waals surface area contributed by atoms with Crippen molar-refractivity contribution in [3.8, 4) is 0 Å². The lowest BCUT2D eigenvalue weighted by atomic mass is 9.54. The molecule has 1 aromatic rings. The van der Waals surface area contributed by atoms with Gasteiger partial charge in [-0.15, -0.1) is 0 Å². The molecule has 126 valence electrons. The number of rotatable bonds is 4. The van der Waals surface area contributed by atoms with E-state index >= 15 is 0 Å². The molecular formula is C20H28O3. The molecular weight excluding hydrogens is 288 g/mol. The highest BCUT2D eigenvalue weighted by molar-refractivity contribution is 5.88. The Morgan fingerprint density at radius 2 is 2.22 bits per heavy atom. The molecule has 3 nitrogen and oxygen atoms in total. The van der Waals surface area contributed by atoms with Crippen LogP contribution in [0.5, 0.6) is 0 Å². The number of allylic oxidation sites excluding steroid dienone is 1. The molecule has 3 atom stereocenters. The van der Waals surface area contributed by atoms with Gasteiger partial charge in [0.25, 0.3) is 0 Å². The Balaban J connectivity index is 2.04. The zero-order valence-electron chi connectivity index (χ0n) is 15.0. The maximum Gasteiger partial charge on any atom is 0.165 e. The molecule has 1 heterocycles. The van der Waals surface area contributed by atoms with Crippen molar-refractivity contribution in [1.29, 1.82) is 0 Å². The Kier molecular flexibility index (Phi) is 4.04. The van der Waals surface area contributed by atoms with Crippen molar-refractivity contribution < 1.29 is 13.9 Å². The third-order valence-electron chi connectivity index (χ3n) is 6.44. The van der Waals surface area contributed by atoms with Crippen molar-refractivity contribution in [3.05, 3.63) is 34.8 Å². The Hall–Kier alpha value is -1.35. The molecule has 23 heavy (non-hydrogen) atoms. The van der Waals surface area contributed by atoms with E-state index in [-0.39, 0.29) is 17.1 Å². The van der Waals surface area contributed by atoms with Crippen LogP contribution in [-0.4, -0.2) is 18.5 Å². The summed E-state index contributed by atoms with van der Waals surface area (Å²) in [5.74, 6) is 1.51. The molecule has 0 aromatic carbocycles. The molecule has 1 aromatic heterocycles. The first-order valence-corrected chi connectivity index (χ1v) is 8.73. The number of furan rings is 1. The molecule has 0 bridgehead atoms. The van der Waals surface area contributed by atoms with Gasteiger partial charge in [-0.1, -0.05) is 32.4 Å². The van der Waals surface area contributed by atoms with Gasteiger partial charge in [0.15, 0.2) is 5.78 Å². The highest BCUT2D eigenvalue weighted by Crippen LogP contribution is 2.54. The van der Waals surface area contributed by atoms with E-state index in [4.69, 9.17) is 9.15 Å². The fourth-order valence-corrected chi connectivity index (χ4v) is 4.63. The maximum atomic E-state index is 12.9. The highest BCUT2D eigenvalue weighted by Gasteiger charge is 2.55. The molecule has 0 saturated heterocycles. The minimum atomic E-state index is -0.677. The van der Waals surface area contributed by atoms with E-state index in [1.54, 1.807) is 7.11 Å². The van der Waals surface area contributed by atoms with Crippen LogP contribution in [0.4, 0.5) is 0 Å². The summed E-state index contributed by atoms with van der Waals surface area (Å²) >= 11 is 0. The van der Waals surface area contributed by atoms with Crippen molar-refractivity contribution in [2.45, 2.75) is 65.4 Å². The fraction of sp³-hybridized carbons (Fsp3) is 0.650. The summed E-state index contributed by atoms with van der Waals surface area (Å²) in [7, 11) is 1.70.